The van der Waals surface area contributed by atoms with Gasteiger partial charge in [0.05, 0.1) is 0 Å². The summed E-state index contributed by atoms with van der Waals surface area (Å²) >= 11 is 0. The van der Waals surface area contributed by atoms with Gasteiger partial charge in [-0.1, -0.05) is 0 Å². The number of piperidine rings is 1. The Bertz CT molecular complexity index is 359. The molecule has 0 saturated carbocycles. The molecule has 5 nitrogen and oxygen atoms in total. The minimum atomic E-state index is -3.29. The van der Waals surface area contributed by atoms with Gasteiger partial charge in [0, 0.05) is 25.4 Å². The van der Waals surface area contributed by atoms with Gasteiger partial charge in [-0.25, -0.2) is 8.42 Å². The predicted octanol–water partition coefficient (Wildman–Crippen LogP) is 0.0517. The van der Waals surface area contributed by atoms with Gasteiger partial charge in [-0.2, -0.15) is 0 Å². The van der Waals surface area contributed by atoms with Crippen molar-refractivity contribution in [3.05, 3.63) is 0 Å². The fraction of sp³-hybridized carbons (Fsp3) is 0.900. The van der Waals surface area contributed by atoms with Gasteiger partial charge >= 0.3 is 0 Å². The van der Waals surface area contributed by atoms with Crippen molar-refractivity contribution in [2.75, 3.05) is 26.4 Å². The van der Waals surface area contributed by atoms with Crippen LogP contribution in [0.5, 0.6) is 0 Å². The molecular formula is C10H21ClN2O3S. The molecular weight excluding hydrogens is 264 g/mol. The summed E-state index contributed by atoms with van der Waals surface area (Å²) in [5.41, 5.74) is 0. The van der Waals surface area contributed by atoms with Crippen LogP contribution >= 0.6 is 12.4 Å². The maximum Gasteiger partial charge on any atom is 0.240 e. The third kappa shape index (κ3) is 4.44. The Balaban J connectivity index is 0.00000256. The van der Waals surface area contributed by atoms with Gasteiger partial charge in [0.1, 0.15) is 5.25 Å². The Morgan fingerprint density at radius 1 is 1.47 bits per heavy atom. The smallest absolute Gasteiger partial charge is 0.240 e. The molecule has 1 aliphatic heterocycles. The topological polar surface area (TPSA) is 66.5 Å². The number of amides is 1. The Kier molecular flexibility index (Phi) is 6.43. The summed E-state index contributed by atoms with van der Waals surface area (Å²) in [7, 11) is -1.43. The van der Waals surface area contributed by atoms with Crippen molar-refractivity contribution >= 4 is 28.2 Å². The molecule has 0 aromatic rings. The number of likely N-dealkylation sites (N-methyl/N-ethyl adjacent to an activating group) is 1. The molecule has 0 radical (unpaired) electrons. The number of halogens is 1. The standard InChI is InChI=1S/C10H20N2O3S.ClH/c1-8(16(3,14)15)10(13)12-6-4-5-9(7-12)11-2;/h8-9,11H,4-7H2,1-3H3;1H. The van der Waals surface area contributed by atoms with Crippen LogP contribution in [-0.4, -0.2) is 56.9 Å². The maximum atomic E-state index is 11.9. The zero-order chi connectivity index (χ0) is 12.3. The molecule has 1 saturated heterocycles. The zero-order valence-electron chi connectivity index (χ0n) is 10.5. The third-order valence-corrected chi connectivity index (χ3v) is 4.62. The SMILES string of the molecule is CNC1CCCN(C(=O)C(C)S(C)(=O)=O)C1.Cl. The third-order valence-electron chi connectivity index (χ3n) is 3.13. The van der Waals surface area contributed by atoms with E-state index in [0.717, 1.165) is 19.1 Å². The van der Waals surface area contributed by atoms with Crippen LogP contribution in [-0.2, 0) is 14.6 Å². The van der Waals surface area contributed by atoms with E-state index in [-0.39, 0.29) is 24.4 Å². The average molecular weight is 285 g/mol. The lowest BCUT2D eigenvalue weighted by Gasteiger charge is -2.33. The fourth-order valence-corrected chi connectivity index (χ4v) is 2.37. The van der Waals surface area contributed by atoms with Crippen LogP contribution in [0.1, 0.15) is 19.8 Å². The second-order valence-electron chi connectivity index (χ2n) is 4.38. The molecule has 0 aromatic heterocycles. The van der Waals surface area contributed by atoms with Gasteiger partial charge in [0.2, 0.25) is 5.91 Å². The number of nitrogens with one attached hydrogen (secondary N) is 1. The highest BCUT2D eigenvalue weighted by molar-refractivity contribution is 7.92. The number of carbonyl (C=O) groups excluding carboxylic acids is 1. The van der Waals surface area contributed by atoms with Gasteiger partial charge in [-0.3, -0.25) is 4.79 Å². The van der Waals surface area contributed by atoms with Crippen molar-refractivity contribution in [1.82, 2.24) is 10.2 Å². The summed E-state index contributed by atoms with van der Waals surface area (Å²) in [5, 5.41) is 2.20. The van der Waals surface area contributed by atoms with Gasteiger partial charge in [-0.15, -0.1) is 12.4 Å². The van der Waals surface area contributed by atoms with Crippen molar-refractivity contribution in [2.45, 2.75) is 31.1 Å². The van der Waals surface area contributed by atoms with Crippen LogP contribution in [0.2, 0.25) is 0 Å². The van der Waals surface area contributed by atoms with Gasteiger partial charge in [-0.05, 0) is 26.8 Å². The number of hydrogen-bond acceptors (Lipinski definition) is 4. The van der Waals surface area contributed by atoms with E-state index < -0.39 is 15.1 Å². The van der Waals surface area contributed by atoms with Crippen LogP contribution in [0.25, 0.3) is 0 Å². The van der Waals surface area contributed by atoms with Gasteiger partial charge in [0.15, 0.2) is 9.84 Å². The molecule has 0 bridgehead atoms. The summed E-state index contributed by atoms with van der Waals surface area (Å²) in [6, 6.07) is 0.282. The van der Waals surface area contributed by atoms with E-state index in [1.54, 1.807) is 4.90 Å². The molecule has 17 heavy (non-hydrogen) atoms. The lowest BCUT2D eigenvalue weighted by atomic mass is 10.1. The van der Waals surface area contributed by atoms with Crippen LogP contribution in [0, 0.1) is 0 Å². The largest absolute Gasteiger partial charge is 0.340 e. The monoisotopic (exact) mass is 284 g/mol. The highest BCUT2D eigenvalue weighted by Gasteiger charge is 2.30. The molecule has 7 heteroatoms. The van der Waals surface area contributed by atoms with E-state index >= 15 is 0 Å². The fourth-order valence-electron chi connectivity index (χ4n) is 1.85. The van der Waals surface area contributed by atoms with Crippen LogP contribution in [0.15, 0.2) is 0 Å². The highest BCUT2D eigenvalue weighted by Crippen LogP contribution is 2.13. The minimum Gasteiger partial charge on any atom is -0.340 e. The molecule has 2 unspecified atom stereocenters. The molecule has 1 fully saturated rings. The number of rotatable bonds is 3. The Labute approximate surface area is 109 Å². The van der Waals surface area contributed by atoms with Crippen molar-refractivity contribution in [2.24, 2.45) is 0 Å². The lowest BCUT2D eigenvalue weighted by molar-refractivity contribution is -0.131. The molecule has 1 N–H and O–H groups in total. The zero-order valence-corrected chi connectivity index (χ0v) is 12.1. The molecule has 1 heterocycles. The molecule has 102 valence electrons. The average Bonchev–Trinajstić information content (AvgIpc) is 2.26. The molecule has 0 spiro atoms. The normalized spacial score (nSPS) is 22.8. The first-order valence-corrected chi connectivity index (χ1v) is 7.46. The van der Waals surface area contributed by atoms with Crippen molar-refractivity contribution in [1.29, 1.82) is 0 Å². The molecule has 1 amide bonds. The van der Waals surface area contributed by atoms with E-state index in [1.807, 2.05) is 7.05 Å². The van der Waals surface area contributed by atoms with Gasteiger partial charge < -0.3 is 10.2 Å². The van der Waals surface area contributed by atoms with Crippen LogP contribution in [0.3, 0.4) is 0 Å². The first-order chi connectivity index (χ1) is 7.36. The van der Waals surface area contributed by atoms with Crippen molar-refractivity contribution < 1.29 is 13.2 Å². The highest BCUT2D eigenvalue weighted by atomic mass is 35.5. The second-order valence-corrected chi connectivity index (χ2v) is 6.75. The molecule has 1 rings (SSSR count). The van der Waals surface area contributed by atoms with Crippen molar-refractivity contribution in [3.8, 4) is 0 Å². The molecule has 0 aliphatic carbocycles. The minimum absolute atomic E-state index is 0. The summed E-state index contributed by atoms with van der Waals surface area (Å²) in [6.45, 7) is 2.73. The predicted molar refractivity (Wildman–Crippen MR) is 70.2 cm³/mol. The number of likely N-dealkylation sites (tertiary alicyclic amines) is 1. The first-order valence-electron chi connectivity index (χ1n) is 5.51. The lowest BCUT2D eigenvalue weighted by Crippen LogP contribution is -2.50. The Morgan fingerprint density at radius 2 is 2.06 bits per heavy atom. The van der Waals surface area contributed by atoms with E-state index in [0.29, 0.717) is 13.1 Å². The summed E-state index contributed by atoms with van der Waals surface area (Å²) in [4.78, 5) is 13.6. The van der Waals surface area contributed by atoms with E-state index in [9.17, 15) is 13.2 Å². The second kappa shape index (κ2) is 6.56. The van der Waals surface area contributed by atoms with Crippen LogP contribution in [0.4, 0.5) is 0 Å². The quantitative estimate of drug-likeness (QED) is 0.795. The number of nitrogens with zero attached hydrogens (tertiary/aromatic N) is 1. The Morgan fingerprint density at radius 3 is 2.53 bits per heavy atom. The maximum absolute atomic E-state index is 11.9. The van der Waals surface area contributed by atoms with Crippen LogP contribution < -0.4 is 5.32 Å². The summed E-state index contributed by atoms with van der Waals surface area (Å²) in [6.07, 6.45) is 3.07. The van der Waals surface area contributed by atoms with Crippen molar-refractivity contribution in [3.63, 3.8) is 0 Å². The van der Waals surface area contributed by atoms with E-state index in [1.165, 1.54) is 6.92 Å². The summed E-state index contributed by atoms with van der Waals surface area (Å²) in [5.74, 6) is -0.276. The number of sulfone groups is 1. The van der Waals surface area contributed by atoms with E-state index in [4.69, 9.17) is 0 Å². The molecule has 0 aromatic carbocycles. The first kappa shape index (κ1) is 16.7. The van der Waals surface area contributed by atoms with Gasteiger partial charge in [0.25, 0.3) is 0 Å². The van der Waals surface area contributed by atoms with E-state index in [2.05, 4.69) is 5.32 Å². The summed E-state index contributed by atoms with van der Waals surface area (Å²) < 4.78 is 22.6. The Hall–Kier alpha value is -0.330. The molecule has 1 aliphatic rings. The number of hydrogen-bond donors (Lipinski definition) is 1. The molecule has 2 atom stereocenters. The number of carbonyl (C=O) groups is 1.